The van der Waals surface area contributed by atoms with Crippen molar-refractivity contribution in [3.8, 4) is 0 Å². The van der Waals surface area contributed by atoms with Gasteiger partial charge in [0.15, 0.2) is 0 Å². The van der Waals surface area contributed by atoms with E-state index >= 15 is 0 Å². The van der Waals surface area contributed by atoms with Crippen molar-refractivity contribution in [2.45, 2.75) is 43.9 Å². The smallest absolute Gasteiger partial charge is 0.207 e. The molecule has 1 aliphatic rings. The van der Waals surface area contributed by atoms with Crippen LogP contribution in [0.3, 0.4) is 0 Å². The van der Waals surface area contributed by atoms with E-state index in [1.54, 1.807) is 12.1 Å². The van der Waals surface area contributed by atoms with Crippen molar-refractivity contribution in [2.75, 3.05) is 6.54 Å². The predicted molar refractivity (Wildman–Crippen MR) is 90.5 cm³/mol. The van der Waals surface area contributed by atoms with Gasteiger partial charge in [-0.1, -0.05) is 29.7 Å². The molecule has 5 heteroatoms. The monoisotopic (exact) mass is 405 g/mol. The van der Waals surface area contributed by atoms with E-state index in [1.807, 2.05) is 19.1 Å². The van der Waals surface area contributed by atoms with Crippen molar-refractivity contribution in [1.82, 2.24) is 4.72 Å². The summed E-state index contributed by atoms with van der Waals surface area (Å²) in [6, 6.07) is 6.94. The Hall–Kier alpha value is -0.400. The zero-order valence-corrected chi connectivity index (χ0v) is 14.6. The van der Waals surface area contributed by atoms with Crippen molar-refractivity contribution in [2.24, 2.45) is 0 Å². The number of sulfonamides is 1. The van der Waals surface area contributed by atoms with Gasteiger partial charge in [-0.15, -0.1) is 0 Å². The second kappa shape index (κ2) is 7.04. The Balaban J connectivity index is 2.03. The summed E-state index contributed by atoms with van der Waals surface area (Å²) in [7, 11) is -3.40. The first-order chi connectivity index (χ1) is 9.49. The Morgan fingerprint density at radius 1 is 1.15 bits per heavy atom. The normalized spacial score (nSPS) is 16.2. The first-order valence-corrected chi connectivity index (χ1v) is 9.48. The van der Waals surface area contributed by atoms with Crippen LogP contribution in [0.15, 0.2) is 38.3 Å². The summed E-state index contributed by atoms with van der Waals surface area (Å²) in [6.45, 7) is 2.35. The van der Waals surface area contributed by atoms with Gasteiger partial charge in [0.05, 0.1) is 4.90 Å². The molecule has 1 aromatic carbocycles. The molecule has 0 amide bonds. The molecule has 1 fully saturated rings. The molecule has 0 spiro atoms. The zero-order chi connectivity index (χ0) is 14.6. The van der Waals surface area contributed by atoms with Gasteiger partial charge in [0.2, 0.25) is 10.0 Å². The minimum atomic E-state index is -3.40. The summed E-state index contributed by atoms with van der Waals surface area (Å²) in [4.78, 5) is 0.334. The van der Waals surface area contributed by atoms with E-state index in [2.05, 4.69) is 27.3 Å². The maximum Gasteiger partial charge on any atom is 0.240 e. The summed E-state index contributed by atoms with van der Waals surface area (Å²) in [5.41, 5.74) is 2.48. The van der Waals surface area contributed by atoms with Crippen molar-refractivity contribution in [3.05, 3.63) is 39.0 Å². The number of halogens is 1. The van der Waals surface area contributed by atoms with Crippen molar-refractivity contribution >= 4 is 32.6 Å². The lowest BCUT2D eigenvalue weighted by Crippen LogP contribution is -2.25. The van der Waals surface area contributed by atoms with E-state index in [0.717, 1.165) is 22.0 Å². The molecule has 1 aliphatic carbocycles. The fourth-order valence-corrected chi connectivity index (χ4v) is 4.32. The fraction of sp³-hybridized carbons (Fsp3) is 0.467. The second-order valence-electron chi connectivity index (χ2n) is 5.21. The summed E-state index contributed by atoms with van der Waals surface area (Å²) < 4.78 is 28.2. The molecule has 1 aromatic rings. The number of aryl methyl sites for hydroxylation is 1. The van der Waals surface area contributed by atoms with E-state index in [4.69, 9.17) is 0 Å². The largest absolute Gasteiger partial charge is 0.240 e. The molecule has 110 valence electrons. The number of allylic oxidation sites excluding steroid dienone is 1. The molecule has 0 aromatic heterocycles. The molecule has 3 nitrogen and oxygen atoms in total. The van der Waals surface area contributed by atoms with E-state index in [0.29, 0.717) is 11.4 Å². The molecule has 0 radical (unpaired) electrons. The molecule has 0 unspecified atom stereocenters. The highest BCUT2D eigenvalue weighted by Gasteiger charge is 2.15. The lowest BCUT2D eigenvalue weighted by atomic mass is 9.95. The van der Waals surface area contributed by atoms with E-state index in [1.165, 1.54) is 24.8 Å². The Labute approximate surface area is 135 Å². The highest BCUT2D eigenvalue weighted by Crippen LogP contribution is 2.28. The third-order valence-electron chi connectivity index (χ3n) is 3.59. The lowest BCUT2D eigenvalue weighted by molar-refractivity contribution is 0.582. The van der Waals surface area contributed by atoms with Gasteiger partial charge in [0.25, 0.3) is 0 Å². The van der Waals surface area contributed by atoms with E-state index < -0.39 is 10.0 Å². The fourth-order valence-electron chi connectivity index (χ4n) is 2.33. The number of hydrogen-bond donors (Lipinski definition) is 1. The summed E-state index contributed by atoms with van der Waals surface area (Å²) in [5, 5.41) is 0. The Morgan fingerprint density at radius 3 is 2.35 bits per heavy atom. The molecule has 1 saturated carbocycles. The van der Waals surface area contributed by atoms with Crippen molar-refractivity contribution in [1.29, 1.82) is 0 Å². The predicted octanol–water partition coefficient (Wildman–Crippen LogP) is 3.93. The molecule has 2 rings (SSSR count). The van der Waals surface area contributed by atoms with Gasteiger partial charge >= 0.3 is 0 Å². The van der Waals surface area contributed by atoms with Crippen LogP contribution < -0.4 is 4.72 Å². The molecule has 0 aliphatic heterocycles. The van der Waals surface area contributed by atoms with Crippen LogP contribution >= 0.6 is 22.6 Å². The van der Waals surface area contributed by atoms with E-state index in [-0.39, 0.29) is 0 Å². The van der Waals surface area contributed by atoms with Gasteiger partial charge in [-0.2, -0.15) is 0 Å². The van der Waals surface area contributed by atoms with Gasteiger partial charge in [0, 0.05) is 10.1 Å². The summed E-state index contributed by atoms with van der Waals surface area (Å²) in [5.74, 6) is 0. The van der Waals surface area contributed by atoms with Gasteiger partial charge in [-0.05, 0) is 67.3 Å². The van der Waals surface area contributed by atoms with Gasteiger partial charge < -0.3 is 0 Å². The second-order valence-corrected chi connectivity index (χ2v) is 8.28. The van der Waals surface area contributed by atoms with Crippen molar-refractivity contribution < 1.29 is 8.42 Å². The average Bonchev–Trinajstić information content (AvgIpc) is 2.46. The minimum Gasteiger partial charge on any atom is -0.207 e. The van der Waals surface area contributed by atoms with Gasteiger partial charge in [-0.25, -0.2) is 13.1 Å². The SMILES string of the molecule is Cc1ccc(S(=O)(=O)NCC(I)=C2CCCCC2)cc1. The highest BCUT2D eigenvalue weighted by atomic mass is 127. The maximum atomic E-state index is 12.2. The minimum absolute atomic E-state index is 0.334. The molecule has 1 N–H and O–H groups in total. The van der Waals surface area contributed by atoms with Crippen LogP contribution in [0.1, 0.15) is 37.7 Å². The van der Waals surface area contributed by atoms with Crippen LogP contribution in [0.5, 0.6) is 0 Å². The van der Waals surface area contributed by atoms with Crippen LogP contribution in [-0.4, -0.2) is 15.0 Å². The number of benzene rings is 1. The Bertz CT molecular complexity index is 583. The van der Waals surface area contributed by atoms with Crippen LogP contribution in [-0.2, 0) is 10.0 Å². The van der Waals surface area contributed by atoms with Crippen LogP contribution in [0.2, 0.25) is 0 Å². The lowest BCUT2D eigenvalue weighted by Gasteiger charge is -2.16. The van der Waals surface area contributed by atoms with E-state index in [9.17, 15) is 8.42 Å². The number of rotatable bonds is 4. The van der Waals surface area contributed by atoms with Crippen LogP contribution in [0.4, 0.5) is 0 Å². The first-order valence-electron chi connectivity index (χ1n) is 6.92. The first kappa shape index (κ1) is 16.0. The molecule has 0 bridgehead atoms. The summed E-state index contributed by atoms with van der Waals surface area (Å²) >= 11 is 2.28. The number of hydrogen-bond acceptors (Lipinski definition) is 2. The molecule has 20 heavy (non-hydrogen) atoms. The standard InChI is InChI=1S/C15H20INO2S/c1-12-7-9-14(10-8-12)20(18,19)17-11-15(16)13-5-3-2-4-6-13/h7-10,17H,2-6,11H2,1H3. The van der Waals surface area contributed by atoms with Crippen LogP contribution in [0.25, 0.3) is 0 Å². The Kier molecular flexibility index (Phi) is 5.63. The quantitative estimate of drug-likeness (QED) is 0.772. The Morgan fingerprint density at radius 2 is 1.75 bits per heavy atom. The molecular formula is C15H20INO2S. The van der Waals surface area contributed by atoms with Gasteiger partial charge in [-0.3, -0.25) is 0 Å². The zero-order valence-electron chi connectivity index (χ0n) is 11.7. The molecule has 0 saturated heterocycles. The topological polar surface area (TPSA) is 46.2 Å². The molecular weight excluding hydrogens is 385 g/mol. The average molecular weight is 405 g/mol. The highest BCUT2D eigenvalue weighted by molar-refractivity contribution is 14.1. The number of nitrogens with one attached hydrogen (secondary N) is 1. The maximum absolute atomic E-state index is 12.2. The third-order valence-corrected chi connectivity index (χ3v) is 6.15. The third kappa shape index (κ3) is 4.30. The summed E-state index contributed by atoms with van der Waals surface area (Å²) in [6.07, 6.45) is 5.98. The molecule has 0 heterocycles. The van der Waals surface area contributed by atoms with Crippen molar-refractivity contribution in [3.63, 3.8) is 0 Å². The van der Waals surface area contributed by atoms with Crippen LogP contribution in [0, 0.1) is 6.92 Å². The van der Waals surface area contributed by atoms with Gasteiger partial charge in [0.1, 0.15) is 0 Å². The molecule has 0 atom stereocenters.